The number of benzene rings is 8. The number of furan rings is 1. The van der Waals surface area contributed by atoms with Gasteiger partial charge in [0.05, 0.1) is 0 Å². The quantitative estimate of drug-likeness (QED) is 0.174. The van der Waals surface area contributed by atoms with Crippen molar-refractivity contribution < 1.29 is 4.42 Å². The standard InChI is InChI=1S/C47H29N3O/c1-4-12-30(13-5-1)33-24-26-37-34(28-33)22-23-35-29-36(25-27-38(35)37)46-48-45(32-16-8-3-9-17-32)49-47(50-46)41-20-11-21-42-43(41)40-19-10-18-39(44(40)51-42)31-14-6-2-7-15-31/h1-29H. The second-order valence-corrected chi connectivity index (χ2v) is 12.8. The maximum absolute atomic E-state index is 6.57. The molecule has 0 atom stereocenters. The third kappa shape index (κ3) is 5.04. The Morgan fingerprint density at radius 3 is 1.59 bits per heavy atom. The van der Waals surface area contributed by atoms with Crippen LogP contribution in [-0.4, -0.2) is 15.0 Å². The fraction of sp³-hybridized carbons (Fsp3) is 0. The molecule has 0 N–H and O–H groups in total. The molecule has 0 aliphatic heterocycles. The van der Waals surface area contributed by atoms with Gasteiger partial charge in [-0.15, -0.1) is 0 Å². The van der Waals surface area contributed by atoms with E-state index in [9.17, 15) is 0 Å². The van der Waals surface area contributed by atoms with Crippen molar-refractivity contribution in [2.75, 3.05) is 0 Å². The molecule has 8 aromatic carbocycles. The first kappa shape index (κ1) is 29.0. The highest BCUT2D eigenvalue weighted by Crippen LogP contribution is 2.40. The average Bonchev–Trinajstić information content (AvgIpc) is 3.60. The summed E-state index contributed by atoms with van der Waals surface area (Å²) >= 11 is 0. The molecule has 238 valence electrons. The van der Waals surface area contributed by atoms with Crippen LogP contribution in [0, 0.1) is 0 Å². The Labute approximate surface area is 294 Å². The van der Waals surface area contributed by atoms with E-state index >= 15 is 0 Å². The molecule has 0 spiro atoms. The maximum Gasteiger partial charge on any atom is 0.164 e. The summed E-state index contributed by atoms with van der Waals surface area (Å²) in [5, 5.41) is 6.76. The largest absolute Gasteiger partial charge is 0.455 e. The zero-order chi connectivity index (χ0) is 33.7. The molecular weight excluding hydrogens is 623 g/mol. The van der Waals surface area contributed by atoms with Gasteiger partial charge in [-0.25, -0.2) is 15.0 Å². The summed E-state index contributed by atoms with van der Waals surface area (Å²) in [6, 6.07) is 61.0. The Morgan fingerprint density at radius 2 is 0.882 bits per heavy atom. The number of para-hydroxylation sites is 1. The van der Waals surface area contributed by atoms with Gasteiger partial charge in [0.25, 0.3) is 0 Å². The molecule has 0 aliphatic rings. The number of rotatable bonds is 5. The molecule has 0 bridgehead atoms. The molecule has 10 aromatic rings. The molecule has 0 radical (unpaired) electrons. The van der Waals surface area contributed by atoms with Crippen molar-refractivity contribution in [1.29, 1.82) is 0 Å². The number of aromatic nitrogens is 3. The van der Waals surface area contributed by atoms with E-state index in [1.807, 2.05) is 48.5 Å². The van der Waals surface area contributed by atoms with Crippen molar-refractivity contribution in [3.63, 3.8) is 0 Å². The fourth-order valence-corrected chi connectivity index (χ4v) is 7.24. The molecule has 10 rings (SSSR count). The first-order valence-electron chi connectivity index (χ1n) is 17.1. The predicted octanol–water partition coefficient (Wildman–Crippen LogP) is 12.4. The van der Waals surface area contributed by atoms with Gasteiger partial charge in [-0.3, -0.25) is 0 Å². The lowest BCUT2D eigenvalue weighted by Gasteiger charge is -2.11. The summed E-state index contributed by atoms with van der Waals surface area (Å²) in [7, 11) is 0. The van der Waals surface area contributed by atoms with Crippen molar-refractivity contribution in [3.05, 3.63) is 176 Å². The molecule has 4 nitrogen and oxygen atoms in total. The maximum atomic E-state index is 6.57. The van der Waals surface area contributed by atoms with E-state index < -0.39 is 0 Å². The van der Waals surface area contributed by atoms with E-state index in [-0.39, 0.29) is 0 Å². The molecule has 0 saturated carbocycles. The Bertz CT molecular complexity index is 2900. The molecule has 0 fully saturated rings. The minimum atomic E-state index is 0.601. The van der Waals surface area contributed by atoms with Crippen LogP contribution in [0.25, 0.3) is 99.9 Å². The first-order chi connectivity index (χ1) is 25.3. The topological polar surface area (TPSA) is 51.8 Å². The molecular formula is C47H29N3O. The van der Waals surface area contributed by atoms with Gasteiger partial charge in [0.1, 0.15) is 11.2 Å². The monoisotopic (exact) mass is 651 g/mol. The molecule has 51 heavy (non-hydrogen) atoms. The van der Waals surface area contributed by atoms with Gasteiger partial charge < -0.3 is 4.42 Å². The zero-order valence-corrected chi connectivity index (χ0v) is 27.5. The fourth-order valence-electron chi connectivity index (χ4n) is 7.24. The Balaban J connectivity index is 1.14. The van der Waals surface area contributed by atoms with Gasteiger partial charge >= 0.3 is 0 Å². The van der Waals surface area contributed by atoms with Crippen LogP contribution in [0.3, 0.4) is 0 Å². The van der Waals surface area contributed by atoms with E-state index in [1.165, 1.54) is 27.3 Å². The Hall–Kier alpha value is -6.91. The highest BCUT2D eigenvalue weighted by Gasteiger charge is 2.19. The van der Waals surface area contributed by atoms with E-state index in [0.29, 0.717) is 17.5 Å². The normalized spacial score (nSPS) is 11.5. The Kier molecular flexibility index (Phi) is 6.78. The van der Waals surface area contributed by atoms with Gasteiger partial charge in [-0.05, 0) is 56.4 Å². The number of hydrogen-bond acceptors (Lipinski definition) is 4. The third-order valence-electron chi connectivity index (χ3n) is 9.72. The summed E-state index contributed by atoms with van der Waals surface area (Å²) < 4.78 is 6.57. The first-order valence-corrected chi connectivity index (χ1v) is 17.1. The van der Waals surface area contributed by atoms with Crippen LogP contribution in [0.2, 0.25) is 0 Å². The van der Waals surface area contributed by atoms with Crippen molar-refractivity contribution in [2.45, 2.75) is 0 Å². The summed E-state index contributed by atoms with van der Waals surface area (Å²) in [6.07, 6.45) is 0. The van der Waals surface area contributed by atoms with Crippen LogP contribution >= 0.6 is 0 Å². The van der Waals surface area contributed by atoms with E-state index in [0.717, 1.165) is 55.1 Å². The lowest BCUT2D eigenvalue weighted by atomic mass is 9.96. The predicted molar refractivity (Wildman–Crippen MR) is 209 cm³/mol. The third-order valence-corrected chi connectivity index (χ3v) is 9.72. The molecule has 0 saturated heterocycles. The number of hydrogen-bond donors (Lipinski definition) is 0. The summed E-state index contributed by atoms with van der Waals surface area (Å²) in [6.45, 7) is 0. The smallest absolute Gasteiger partial charge is 0.164 e. The summed E-state index contributed by atoms with van der Waals surface area (Å²) in [5.74, 6) is 1.84. The summed E-state index contributed by atoms with van der Waals surface area (Å²) in [4.78, 5) is 15.3. The molecule has 2 heterocycles. The van der Waals surface area contributed by atoms with E-state index in [4.69, 9.17) is 19.4 Å². The van der Waals surface area contributed by atoms with Gasteiger partial charge in [-0.1, -0.05) is 158 Å². The van der Waals surface area contributed by atoms with Crippen molar-refractivity contribution in [1.82, 2.24) is 15.0 Å². The molecule has 0 aliphatic carbocycles. The van der Waals surface area contributed by atoms with Crippen LogP contribution < -0.4 is 0 Å². The van der Waals surface area contributed by atoms with E-state index in [1.54, 1.807) is 0 Å². The van der Waals surface area contributed by atoms with Crippen LogP contribution in [-0.2, 0) is 0 Å². The van der Waals surface area contributed by atoms with Gasteiger partial charge in [0.2, 0.25) is 0 Å². The minimum Gasteiger partial charge on any atom is -0.455 e. The summed E-state index contributed by atoms with van der Waals surface area (Å²) in [5.41, 5.74) is 8.99. The van der Waals surface area contributed by atoms with Crippen LogP contribution in [0.1, 0.15) is 0 Å². The highest BCUT2D eigenvalue weighted by molar-refractivity contribution is 6.15. The van der Waals surface area contributed by atoms with Gasteiger partial charge in [0.15, 0.2) is 17.5 Å². The van der Waals surface area contributed by atoms with Gasteiger partial charge in [-0.2, -0.15) is 0 Å². The molecule has 0 unspecified atom stereocenters. The number of nitrogens with zero attached hydrogens (tertiary/aromatic N) is 3. The van der Waals surface area contributed by atoms with Crippen molar-refractivity contribution in [3.8, 4) is 56.4 Å². The zero-order valence-electron chi connectivity index (χ0n) is 27.5. The van der Waals surface area contributed by atoms with Crippen LogP contribution in [0.5, 0.6) is 0 Å². The van der Waals surface area contributed by atoms with Crippen molar-refractivity contribution in [2.24, 2.45) is 0 Å². The number of fused-ring (bicyclic) bond motifs is 6. The Morgan fingerprint density at radius 1 is 0.333 bits per heavy atom. The van der Waals surface area contributed by atoms with E-state index in [2.05, 4.69) is 127 Å². The average molecular weight is 652 g/mol. The highest BCUT2D eigenvalue weighted by atomic mass is 16.3. The molecule has 0 amide bonds. The van der Waals surface area contributed by atoms with Crippen molar-refractivity contribution >= 4 is 43.5 Å². The molecule has 4 heteroatoms. The lowest BCUT2D eigenvalue weighted by Crippen LogP contribution is -2.00. The van der Waals surface area contributed by atoms with Crippen LogP contribution in [0.15, 0.2) is 180 Å². The second kappa shape index (κ2) is 11.9. The second-order valence-electron chi connectivity index (χ2n) is 12.8. The minimum absolute atomic E-state index is 0.601. The molecule has 2 aromatic heterocycles. The lowest BCUT2D eigenvalue weighted by molar-refractivity contribution is 0.670. The SMILES string of the molecule is c1ccc(-c2ccc3c(ccc4cc(-c5nc(-c6ccccc6)nc(-c6cccc7oc8c(-c9ccccc9)cccc8c67)n5)ccc43)c2)cc1. The van der Waals surface area contributed by atoms with Gasteiger partial charge in [0, 0.05) is 33.0 Å². The van der Waals surface area contributed by atoms with Crippen LogP contribution in [0.4, 0.5) is 0 Å².